The Hall–Kier alpha value is -11.8. The number of aliphatic carboxylic acids is 1. The van der Waals surface area contributed by atoms with E-state index in [9.17, 15) is 41.9 Å². The van der Waals surface area contributed by atoms with Crippen LogP contribution in [-0.4, -0.2) is 274 Å². The van der Waals surface area contributed by atoms with Gasteiger partial charge in [-0.15, -0.1) is 0 Å². The van der Waals surface area contributed by atoms with Crippen molar-refractivity contribution in [1.82, 2.24) is 59.1 Å². The van der Waals surface area contributed by atoms with Gasteiger partial charge in [0.2, 0.25) is 0 Å². The lowest BCUT2D eigenvalue weighted by atomic mass is 9.82. The van der Waals surface area contributed by atoms with Crippen molar-refractivity contribution >= 4 is 93.8 Å². The highest BCUT2D eigenvalue weighted by molar-refractivity contribution is 9.10. The summed E-state index contributed by atoms with van der Waals surface area (Å²) in [7, 11) is 7.43. The van der Waals surface area contributed by atoms with E-state index in [1.165, 1.54) is 54.1 Å². The molecule has 41 heteroatoms. The zero-order valence-electron chi connectivity index (χ0n) is 88.5. The number of hydrogen-bond donors (Lipinski definition) is 2. The quantitative estimate of drug-likeness (QED) is 0.0670. The number of fused-ring (bicyclic) bond motifs is 4. The topological polar surface area (TPSA) is 356 Å². The van der Waals surface area contributed by atoms with Crippen molar-refractivity contribution in [3.63, 3.8) is 0 Å². The van der Waals surface area contributed by atoms with Crippen LogP contribution < -0.4 is 49.3 Å². The van der Waals surface area contributed by atoms with Crippen molar-refractivity contribution in [3.05, 3.63) is 125 Å². The minimum absolute atomic E-state index is 0. The highest BCUT2D eigenvalue weighted by Gasteiger charge is 2.53. The Balaban J connectivity index is 0.000000138. The van der Waals surface area contributed by atoms with E-state index in [0.29, 0.717) is 44.4 Å². The predicted octanol–water partition coefficient (Wildman–Crippen LogP) is 20.1. The summed E-state index contributed by atoms with van der Waals surface area (Å²) in [5.74, 6) is 0.828. The number of likely N-dealkylation sites (N-methyl/N-ethyl adjacent to an activating group) is 1. The molecule has 13 aliphatic rings. The molecule has 2 N–H and O–H groups in total. The third-order valence-corrected chi connectivity index (χ3v) is 30.9. The molecule has 0 bridgehead atoms. The van der Waals surface area contributed by atoms with Crippen molar-refractivity contribution in [3.8, 4) is 56.4 Å². The molecule has 6 amide bonds. The van der Waals surface area contributed by atoms with Crippen molar-refractivity contribution in [2.45, 2.75) is 334 Å². The maximum Gasteiger partial charge on any atom is 0.498 e. The molecule has 8 aromatic rings. The number of hydrogen-bond acceptors (Lipinski definition) is 25. The van der Waals surface area contributed by atoms with E-state index in [1.54, 1.807) is 35.6 Å². The Morgan fingerprint density at radius 2 is 0.698 bits per heavy atom. The fourth-order valence-corrected chi connectivity index (χ4v) is 20.2. The molecule has 4 aromatic heterocycles. The van der Waals surface area contributed by atoms with Crippen LogP contribution >= 0.6 is 15.9 Å². The first-order valence-electron chi connectivity index (χ1n) is 51.9. The monoisotopic (exact) mass is 2140 g/mol. The summed E-state index contributed by atoms with van der Waals surface area (Å²) in [6.07, 6.45) is 30.4. The van der Waals surface area contributed by atoms with Crippen LogP contribution in [0.4, 0.5) is 64.7 Å². The van der Waals surface area contributed by atoms with Crippen LogP contribution in [0.15, 0.2) is 103 Å². The summed E-state index contributed by atoms with van der Waals surface area (Å²) in [6, 6.07) is 17.7. The van der Waals surface area contributed by atoms with E-state index in [2.05, 4.69) is 96.6 Å². The Morgan fingerprint density at radius 1 is 0.416 bits per heavy atom. The lowest BCUT2D eigenvalue weighted by Crippen LogP contribution is -2.52. The highest BCUT2D eigenvalue weighted by atomic mass is 79.9. The van der Waals surface area contributed by atoms with Gasteiger partial charge in [0.15, 0.2) is 0 Å². The number of anilines is 4. The molecule has 9 aliphatic heterocycles. The smallest absolute Gasteiger partial charge is 0.489 e. The maximum atomic E-state index is 12.6. The van der Waals surface area contributed by atoms with Gasteiger partial charge >= 0.3 is 55.8 Å². The first-order chi connectivity index (χ1) is 70.3. The second-order valence-corrected chi connectivity index (χ2v) is 44.7. The predicted molar refractivity (Wildman–Crippen MR) is 561 cm³/mol. The van der Waals surface area contributed by atoms with Crippen LogP contribution in [-0.2, 0) is 68.2 Å². The fraction of sp³-hybridized carbons (Fsp3) is 0.602. The molecule has 0 radical (unpaired) electrons. The van der Waals surface area contributed by atoms with Gasteiger partial charge in [0, 0.05) is 169 Å². The number of carbonyl (C=O) groups is 7. The van der Waals surface area contributed by atoms with E-state index in [0.717, 1.165) is 240 Å². The molecule has 9 fully saturated rings. The summed E-state index contributed by atoms with van der Waals surface area (Å²) in [6.45, 7) is 33.9. The number of likely N-dealkylation sites (tertiary alicyclic amines) is 3. The molecule has 4 saturated carbocycles. The third-order valence-electron chi connectivity index (χ3n) is 30.2. The molecule has 21 rings (SSSR count). The van der Waals surface area contributed by atoms with E-state index < -0.39 is 30.5 Å². The maximum absolute atomic E-state index is 12.6. The Labute approximate surface area is 879 Å². The minimum Gasteiger partial charge on any atom is -0.489 e. The number of nitrogens with one attached hydrogen (secondary N) is 1. The Morgan fingerprint density at radius 3 is 0.973 bits per heavy atom. The van der Waals surface area contributed by atoms with Gasteiger partial charge in [-0.3, -0.25) is 38.3 Å². The number of methoxy groups -OCH3 is 4. The van der Waals surface area contributed by atoms with Gasteiger partial charge < -0.3 is 81.8 Å². The second kappa shape index (κ2) is 46.2. The van der Waals surface area contributed by atoms with Crippen LogP contribution in [0.3, 0.4) is 0 Å². The molecule has 36 nitrogen and oxygen atoms in total. The number of halogens is 4. The van der Waals surface area contributed by atoms with E-state index >= 15 is 0 Å². The van der Waals surface area contributed by atoms with Gasteiger partial charge in [0.1, 0.15) is 34.2 Å². The van der Waals surface area contributed by atoms with Crippen LogP contribution in [0.25, 0.3) is 33.4 Å². The number of carboxylic acid groups (broad SMARTS) is 1. The van der Waals surface area contributed by atoms with Crippen molar-refractivity contribution in [1.29, 1.82) is 0 Å². The van der Waals surface area contributed by atoms with Gasteiger partial charge in [-0.2, -0.15) is 33.6 Å². The number of nitrogens with zero attached hydrogens (tertiary/aromatic N) is 15. The molecule has 13 heterocycles. The number of carboxylic acids is 1. The molecule has 4 aliphatic carbocycles. The number of alkyl halides is 3. The lowest BCUT2D eigenvalue weighted by molar-refractivity contribution is -0.192. The highest BCUT2D eigenvalue weighted by Crippen LogP contribution is 2.51. The van der Waals surface area contributed by atoms with E-state index in [4.69, 9.17) is 66.6 Å². The van der Waals surface area contributed by atoms with Crippen molar-refractivity contribution < 1.29 is 109 Å². The average molecular weight is 2140 g/mol. The van der Waals surface area contributed by atoms with Crippen molar-refractivity contribution in [2.75, 3.05) is 107 Å². The van der Waals surface area contributed by atoms with Crippen LogP contribution in [0.1, 0.15) is 254 Å². The Bertz CT molecular complexity index is 6060. The van der Waals surface area contributed by atoms with Crippen LogP contribution in [0, 0.1) is 0 Å². The second-order valence-electron chi connectivity index (χ2n) is 43.8. The molecule has 0 spiro atoms. The number of rotatable bonds is 16. The van der Waals surface area contributed by atoms with Crippen LogP contribution in [0.5, 0.6) is 23.0 Å². The van der Waals surface area contributed by atoms with E-state index in [1.807, 2.05) is 165 Å². The molecule has 810 valence electrons. The Kier molecular flexibility index (Phi) is 34.5. The van der Waals surface area contributed by atoms with Gasteiger partial charge in [0.05, 0.1) is 134 Å². The largest absolute Gasteiger partial charge is 0.498 e. The number of aromatic nitrogens is 8. The first kappa shape index (κ1) is 111. The summed E-state index contributed by atoms with van der Waals surface area (Å²) < 4.78 is 109. The first-order valence-corrected chi connectivity index (χ1v) is 52.7. The summed E-state index contributed by atoms with van der Waals surface area (Å²) in [5, 5.41) is 28.7. The van der Waals surface area contributed by atoms with Crippen LogP contribution in [0.2, 0.25) is 0 Å². The molecule has 4 atom stereocenters. The number of ether oxygens (including phenoxy) is 10. The summed E-state index contributed by atoms with van der Waals surface area (Å²) in [4.78, 5) is 95.5. The molecule has 5 saturated heterocycles. The molecular weight excluding hydrogens is 1990 g/mol. The zero-order chi connectivity index (χ0) is 106. The molecule has 0 unspecified atom stereocenters. The number of amides is 6. The number of carbonyl (C=O) groups excluding carboxylic acids is 6. The van der Waals surface area contributed by atoms with Gasteiger partial charge in [0.25, 0.3) is 0 Å². The summed E-state index contributed by atoms with van der Waals surface area (Å²) >= 11 is 3.59. The zero-order valence-corrected chi connectivity index (χ0v) is 90.1. The minimum atomic E-state index is -5.08. The standard InChI is InChI=1S/C27H36N4O5.C23H30N4O3.C22H28N4O3.C17H28BN3O4.C16H20BrNO3.C2HF3O2.CH4/c1-17-9-10-22-23(31(17)26(33)34-5)12-11-21(24(22)35-20-7-6-8-20)18-13-28-30(14-18)19-15-29(16-19)25(32)36-27(2,3)4;1-15-7-8-20-21(27(15)23(28)29-3)10-9-19(22(20)30-18-5-4-6-18)16-11-24-26(12-16)17-13-25(2)14-17;1-14-6-7-19-20(26(14)22(27)28-2)9-8-18(21(19)29-17-4-3-5-17)15-10-24-25(13-15)16-11-23-12-16;1-15(2,3)23-14(22)20-10-13(11-20)21-9-12(8-19-21)18-24-16(4,5)17(6,7)25-18;1-10-6-7-12-14(18(10)16(19)20-2)9-8-13(17)15(12)21-11-4-3-5-11;3-2(4,5)1(6)7;/h11-14,17,19-20H,6-10,15-16H2,1-5H3;9-12,15,17-18H,4-8,13-14H2,1-3H3;8-10,13-14,16-17,23H,3-7,11-12H2,1-2H3;8-9,13H,10-11H2,1-7H3;8-11H,3-7H2,1-2H3;(H,6,7);1H4/t17-;15-;14-;;10-;;/m000.0../s1. The van der Waals surface area contributed by atoms with Gasteiger partial charge in [-0.1, -0.05) is 7.43 Å². The third kappa shape index (κ3) is 25.0. The molecule has 4 aromatic carbocycles. The number of benzene rings is 4. The summed E-state index contributed by atoms with van der Waals surface area (Å²) in [5.41, 5.74) is 13.4. The molecular formula is C108H147BBrF3N16O20. The normalized spacial score (nSPS) is 21.0. The lowest BCUT2D eigenvalue weighted by Gasteiger charge is -2.39. The SMILES string of the molecule is C.CC(C)(C)OC(=O)N1CC(n2cc(B3OC(C)(C)C(C)(C)O3)cn2)C1.COC(=O)N1c2ccc(-c3cnn(C4CN(C(=O)OC(C)(C)C)C4)c3)c(OC3CCC3)c2CC[C@@H]1C.COC(=O)N1c2ccc(-c3cnn(C4CN(C)C4)c3)c(OC3CCC3)c2CC[C@@H]1C.COC(=O)N1c2ccc(-c3cnn(C4CNC4)c3)c(OC3CCC3)c2CC[C@@H]1C.COC(=O)N1c2ccc(Br)c(OC3CCC3)c2CC[C@@H]1C.O=C(O)C(F)(F)F. The van der Waals surface area contributed by atoms with Gasteiger partial charge in [-0.05, 0) is 297 Å². The molecule has 149 heavy (non-hydrogen) atoms. The van der Waals surface area contributed by atoms with Crippen molar-refractivity contribution in [2.24, 2.45) is 0 Å². The van der Waals surface area contributed by atoms with E-state index in [-0.39, 0.29) is 110 Å². The average Bonchev–Trinajstić information content (AvgIpc) is 1.75. The fourth-order valence-electron chi connectivity index (χ4n) is 19.7. The van der Waals surface area contributed by atoms with Gasteiger partial charge in [-0.25, -0.2) is 33.6 Å².